The van der Waals surface area contributed by atoms with Crippen LogP contribution >= 0.6 is 0 Å². The third kappa shape index (κ3) is 4.23. The summed E-state index contributed by atoms with van der Waals surface area (Å²) in [5, 5.41) is 5.20. The minimum Gasteiger partial charge on any atom is -0.295 e. The van der Waals surface area contributed by atoms with E-state index in [-0.39, 0.29) is 11.9 Å². The highest BCUT2D eigenvalue weighted by Crippen LogP contribution is 2.25. The van der Waals surface area contributed by atoms with Gasteiger partial charge in [-0.2, -0.15) is 12.7 Å². The molecule has 0 aliphatic carbocycles. The van der Waals surface area contributed by atoms with Gasteiger partial charge in [-0.05, 0) is 30.5 Å². The standard InChI is InChI=1S/C14H22FN3O2S/c1-2-14(12-4-6-13(15)7-5-12)17-8-3-9-18(11-10-17)21(16,19)20/h4-7,14H,2-3,8-11H2,1H3,(H2,16,19,20)/t14-/m0/s1. The Labute approximate surface area is 125 Å². The van der Waals surface area contributed by atoms with Crippen LogP contribution in [-0.4, -0.2) is 43.8 Å². The van der Waals surface area contributed by atoms with Gasteiger partial charge in [0, 0.05) is 32.2 Å². The van der Waals surface area contributed by atoms with Crippen molar-refractivity contribution in [2.24, 2.45) is 5.14 Å². The molecule has 0 radical (unpaired) electrons. The number of hydrogen-bond donors (Lipinski definition) is 1. The van der Waals surface area contributed by atoms with E-state index in [1.807, 2.05) is 0 Å². The maximum atomic E-state index is 13.0. The van der Waals surface area contributed by atoms with Crippen LogP contribution in [0.3, 0.4) is 0 Å². The van der Waals surface area contributed by atoms with Crippen molar-refractivity contribution >= 4 is 10.2 Å². The van der Waals surface area contributed by atoms with Crippen LogP contribution in [0, 0.1) is 5.82 Å². The molecule has 1 aromatic carbocycles. The minimum absolute atomic E-state index is 0.172. The van der Waals surface area contributed by atoms with Crippen LogP contribution in [0.5, 0.6) is 0 Å². The number of nitrogens with zero attached hydrogens (tertiary/aromatic N) is 2. The molecule has 0 amide bonds. The van der Waals surface area contributed by atoms with Crippen molar-refractivity contribution in [3.63, 3.8) is 0 Å². The SMILES string of the molecule is CC[C@@H](c1ccc(F)cc1)N1CCCN(S(N)(=O)=O)CC1. The number of hydrogen-bond acceptors (Lipinski definition) is 3. The molecule has 1 aromatic rings. The molecule has 1 saturated heterocycles. The first-order valence-electron chi connectivity index (χ1n) is 7.19. The summed E-state index contributed by atoms with van der Waals surface area (Å²) in [5.41, 5.74) is 1.06. The lowest BCUT2D eigenvalue weighted by atomic mass is 10.0. The summed E-state index contributed by atoms with van der Waals surface area (Å²) in [6.45, 7) is 4.37. The molecular formula is C14H22FN3O2S. The molecule has 7 heteroatoms. The maximum Gasteiger partial charge on any atom is 0.276 e. The molecule has 0 aromatic heterocycles. The van der Waals surface area contributed by atoms with Gasteiger partial charge in [0.2, 0.25) is 0 Å². The van der Waals surface area contributed by atoms with Crippen molar-refractivity contribution in [2.75, 3.05) is 26.2 Å². The molecule has 1 heterocycles. The summed E-state index contributed by atoms with van der Waals surface area (Å²) in [7, 11) is -3.62. The minimum atomic E-state index is -3.62. The third-order valence-corrected chi connectivity index (χ3v) is 5.02. The molecule has 1 fully saturated rings. The van der Waals surface area contributed by atoms with Gasteiger partial charge in [-0.15, -0.1) is 0 Å². The van der Waals surface area contributed by atoms with Crippen LogP contribution in [0.25, 0.3) is 0 Å². The van der Waals surface area contributed by atoms with Crippen LogP contribution < -0.4 is 5.14 Å². The van der Waals surface area contributed by atoms with Gasteiger partial charge in [-0.3, -0.25) is 4.90 Å². The lowest BCUT2D eigenvalue weighted by molar-refractivity contribution is 0.202. The molecule has 21 heavy (non-hydrogen) atoms. The van der Waals surface area contributed by atoms with E-state index in [2.05, 4.69) is 11.8 Å². The highest BCUT2D eigenvalue weighted by atomic mass is 32.2. The van der Waals surface area contributed by atoms with E-state index in [1.54, 1.807) is 12.1 Å². The van der Waals surface area contributed by atoms with E-state index in [0.717, 1.165) is 24.9 Å². The first-order chi connectivity index (χ1) is 9.91. The molecule has 1 atom stereocenters. The van der Waals surface area contributed by atoms with Crippen molar-refractivity contribution in [1.82, 2.24) is 9.21 Å². The summed E-state index contributed by atoms with van der Waals surface area (Å²) < 4.78 is 37.2. The van der Waals surface area contributed by atoms with Gasteiger partial charge in [0.15, 0.2) is 0 Å². The summed E-state index contributed by atoms with van der Waals surface area (Å²) >= 11 is 0. The summed E-state index contributed by atoms with van der Waals surface area (Å²) in [5.74, 6) is -0.245. The van der Waals surface area contributed by atoms with Gasteiger partial charge in [0.05, 0.1) is 0 Å². The van der Waals surface area contributed by atoms with Crippen molar-refractivity contribution < 1.29 is 12.8 Å². The monoisotopic (exact) mass is 315 g/mol. The Kier molecular flexibility index (Phi) is 5.32. The van der Waals surface area contributed by atoms with Crippen LogP contribution in [0.1, 0.15) is 31.4 Å². The van der Waals surface area contributed by atoms with Crippen molar-refractivity contribution in [3.8, 4) is 0 Å². The van der Waals surface area contributed by atoms with Crippen molar-refractivity contribution in [2.45, 2.75) is 25.8 Å². The van der Waals surface area contributed by atoms with E-state index in [9.17, 15) is 12.8 Å². The zero-order valence-corrected chi connectivity index (χ0v) is 13.0. The molecule has 0 bridgehead atoms. The van der Waals surface area contributed by atoms with Gasteiger partial charge >= 0.3 is 0 Å². The Balaban J connectivity index is 2.11. The van der Waals surface area contributed by atoms with Crippen LogP contribution in [0.2, 0.25) is 0 Å². The first-order valence-corrected chi connectivity index (χ1v) is 8.69. The predicted octanol–water partition coefficient (Wildman–Crippen LogP) is 1.49. The average molecular weight is 315 g/mol. The number of halogens is 1. The molecule has 0 spiro atoms. The number of rotatable bonds is 4. The Morgan fingerprint density at radius 2 is 1.86 bits per heavy atom. The molecule has 0 saturated carbocycles. The lowest BCUT2D eigenvalue weighted by Gasteiger charge is -2.30. The highest BCUT2D eigenvalue weighted by molar-refractivity contribution is 7.86. The largest absolute Gasteiger partial charge is 0.295 e. The lowest BCUT2D eigenvalue weighted by Crippen LogP contribution is -2.39. The molecule has 0 unspecified atom stereocenters. The van der Waals surface area contributed by atoms with Gasteiger partial charge in [0.25, 0.3) is 10.2 Å². The Hall–Kier alpha value is -1.02. The van der Waals surface area contributed by atoms with Crippen LogP contribution in [-0.2, 0) is 10.2 Å². The molecule has 118 valence electrons. The normalized spacial score (nSPS) is 20.1. The topological polar surface area (TPSA) is 66.6 Å². The highest BCUT2D eigenvalue weighted by Gasteiger charge is 2.25. The van der Waals surface area contributed by atoms with E-state index < -0.39 is 10.2 Å². The van der Waals surface area contributed by atoms with E-state index in [0.29, 0.717) is 19.6 Å². The zero-order valence-electron chi connectivity index (χ0n) is 12.2. The molecular weight excluding hydrogens is 293 g/mol. The summed E-state index contributed by atoms with van der Waals surface area (Å²) in [4.78, 5) is 2.25. The smallest absolute Gasteiger partial charge is 0.276 e. The zero-order chi connectivity index (χ0) is 15.5. The fourth-order valence-corrected chi connectivity index (χ4v) is 3.59. The van der Waals surface area contributed by atoms with Gasteiger partial charge < -0.3 is 0 Å². The fourth-order valence-electron chi connectivity index (χ4n) is 2.87. The second-order valence-corrected chi connectivity index (χ2v) is 6.86. The van der Waals surface area contributed by atoms with Gasteiger partial charge in [-0.25, -0.2) is 9.53 Å². The molecule has 5 nitrogen and oxygen atoms in total. The van der Waals surface area contributed by atoms with Gasteiger partial charge in [0.1, 0.15) is 5.82 Å². The van der Waals surface area contributed by atoms with Crippen molar-refractivity contribution in [3.05, 3.63) is 35.6 Å². The summed E-state index contributed by atoms with van der Waals surface area (Å²) in [6.07, 6.45) is 1.63. The van der Waals surface area contributed by atoms with Gasteiger partial charge in [-0.1, -0.05) is 19.1 Å². The van der Waals surface area contributed by atoms with Crippen molar-refractivity contribution in [1.29, 1.82) is 0 Å². The molecule has 1 aliphatic heterocycles. The first kappa shape index (κ1) is 16.4. The van der Waals surface area contributed by atoms with E-state index in [4.69, 9.17) is 5.14 Å². The molecule has 1 aliphatic rings. The Bertz CT molecular complexity index is 562. The Morgan fingerprint density at radius 1 is 1.19 bits per heavy atom. The molecule has 2 N–H and O–H groups in total. The summed E-state index contributed by atoms with van der Waals surface area (Å²) in [6, 6.07) is 6.70. The van der Waals surface area contributed by atoms with Crippen LogP contribution in [0.4, 0.5) is 4.39 Å². The number of benzene rings is 1. The molecule has 2 rings (SSSR count). The predicted molar refractivity (Wildman–Crippen MR) is 80.3 cm³/mol. The second-order valence-electron chi connectivity index (χ2n) is 5.31. The third-order valence-electron chi connectivity index (χ3n) is 3.93. The number of nitrogens with two attached hydrogens (primary N) is 1. The Morgan fingerprint density at radius 3 is 2.43 bits per heavy atom. The van der Waals surface area contributed by atoms with E-state index >= 15 is 0 Å². The second kappa shape index (κ2) is 6.83. The average Bonchev–Trinajstić information content (AvgIpc) is 2.67. The van der Waals surface area contributed by atoms with Crippen LogP contribution in [0.15, 0.2) is 24.3 Å². The maximum absolute atomic E-state index is 13.0. The quantitative estimate of drug-likeness (QED) is 0.915. The van der Waals surface area contributed by atoms with E-state index in [1.165, 1.54) is 16.4 Å². The fraction of sp³-hybridized carbons (Fsp3) is 0.571.